The van der Waals surface area contributed by atoms with Crippen LogP contribution >= 0.6 is 0 Å². The molecule has 0 saturated heterocycles. The molecule has 3 aromatic carbocycles. The zero-order valence-electron chi connectivity index (χ0n) is 14.1. The topological polar surface area (TPSA) is 49.3 Å². The fraction of sp³-hybridized carbons (Fsp3) is 0.190. The second-order valence-electron chi connectivity index (χ2n) is 6.13. The largest absolute Gasteiger partial charge is 0.387 e. The fourth-order valence-electron chi connectivity index (χ4n) is 2.84. The summed E-state index contributed by atoms with van der Waals surface area (Å²) in [5.74, 6) is -1.68. The number of aliphatic hydroxyl groups is 1. The van der Waals surface area contributed by atoms with E-state index in [4.69, 9.17) is 0 Å². The molecule has 3 aromatic rings. The van der Waals surface area contributed by atoms with Crippen molar-refractivity contribution in [1.29, 1.82) is 0 Å². The highest BCUT2D eigenvalue weighted by Gasteiger charge is 2.13. The Morgan fingerprint density at radius 3 is 2.38 bits per heavy atom. The summed E-state index contributed by atoms with van der Waals surface area (Å²) in [6.07, 6.45) is -0.938. The Bertz CT molecular complexity index is 907. The molecule has 0 spiro atoms. The summed E-state index contributed by atoms with van der Waals surface area (Å²) in [7, 11) is 0. The number of fused-ring (bicyclic) bond motifs is 1. The zero-order chi connectivity index (χ0) is 18.5. The monoisotopic (exact) mass is 355 g/mol. The third-order valence-corrected chi connectivity index (χ3v) is 4.31. The zero-order valence-corrected chi connectivity index (χ0v) is 14.1. The average molecular weight is 355 g/mol. The Morgan fingerprint density at radius 2 is 1.65 bits per heavy atom. The van der Waals surface area contributed by atoms with Crippen molar-refractivity contribution in [3.8, 4) is 0 Å². The molecule has 0 fully saturated rings. The second-order valence-corrected chi connectivity index (χ2v) is 6.13. The Kier molecular flexibility index (Phi) is 5.58. The van der Waals surface area contributed by atoms with Gasteiger partial charge in [0, 0.05) is 18.5 Å². The summed E-state index contributed by atoms with van der Waals surface area (Å²) in [4.78, 5) is 11.9. The second kappa shape index (κ2) is 8.06. The Balaban J connectivity index is 1.55. The Labute approximate surface area is 150 Å². The molecule has 3 rings (SSSR count). The minimum Gasteiger partial charge on any atom is -0.387 e. The summed E-state index contributed by atoms with van der Waals surface area (Å²) in [5, 5.41) is 14.9. The van der Waals surface area contributed by atoms with E-state index in [1.807, 2.05) is 42.5 Å². The number of hydrogen-bond acceptors (Lipinski definition) is 2. The van der Waals surface area contributed by atoms with Crippen LogP contribution in [-0.4, -0.2) is 17.6 Å². The molecule has 0 radical (unpaired) electrons. The van der Waals surface area contributed by atoms with E-state index in [9.17, 15) is 18.7 Å². The number of rotatable bonds is 6. The van der Waals surface area contributed by atoms with Crippen LogP contribution in [0.5, 0.6) is 0 Å². The van der Waals surface area contributed by atoms with Crippen LogP contribution in [-0.2, 0) is 11.2 Å². The first-order chi connectivity index (χ1) is 12.5. The summed E-state index contributed by atoms with van der Waals surface area (Å²) in [6.45, 7) is 0.0386. The number of benzene rings is 3. The van der Waals surface area contributed by atoms with Gasteiger partial charge in [0.1, 0.15) is 11.6 Å². The van der Waals surface area contributed by atoms with E-state index >= 15 is 0 Å². The molecule has 0 aliphatic heterocycles. The number of amides is 1. The summed E-state index contributed by atoms with van der Waals surface area (Å²) in [6, 6.07) is 17.0. The van der Waals surface area contributed by atoms with Crippen LogP contribution in [0.15, 0.2) is 60.7 Å². The Morgan fingerprint density at radius 1 is 0.962 bits per heavy atom. The molecular weight excluding hydrogens is 336 g/mol. The van der Waals surface area contributed by atoms with E-state index in [2.05, 4.69) is 5.32 Å². The lowest BCUT2D eigenvalue weighted by atomic mass is 10.0. The molecule has 0 saturated carbocycles. The van der Waals surface area contributed by atoms with Crippen LogP contribution in [0, 0.1) is 11.6 Å². The van der Waals surface area contributed by atoms with Gasteiger partial charge >= 0.3 is 0 Å². The van der Waals surface area contributed by atoms with Crippen LogP contribution in [0.3, 0.4) is 0 Å². The van der Waals surface area contributed by atoms with Crippen molar-refractivity contribution in [2.75, 3.05) is 6.54 Å². The standard InChI is InChI=1S/C21H19F2NO2/c22-18-6-3-7-19(23)17(18)10-11-21(26)24-13-20(25)16-9-8-14-4-1-2-5-15(14)12-16/h1-9,12,20,25H,10-11,13H2,(H,24,26). The van der Waals surface area contributed by atoms with Crippen molar-refractivity contribution < 1.29 is 18.7 Å². The van der Waals surface area contributed by atoms with Gasteiger partial charge in [-0.2, -0.15) is 0 Å². The minimum absolute atomic E-state index is 0.0313. The van der Waals surface area contributed by atoms with Gasteiger partial charge in [0.2, 0.25) is 5.91 Å². The Hall–Kier alpha value is -2.79. The van der Waals surface area contributed by atoms with E-state index in [0.29, 0.717) is 5.56 Å². The molecule has 3 nitrogen and oxygen atoms in total. The highest BCUT2D eigenvalue weighted by atomic mass is 19.1. The molecule has 0 aliphatic carbocycles. The molecule has 0 bridgehead atoms. The van der Waals surface area contributed by atoms with Crippen molar-refractivity contribution >= 4 is 16.7 Å². The van der Waals surface area contributed by atoms with Crippen molar-refractivity contribution in [2.45, 2.75) is 18.9 Å². The number of carbonyl (C=O) groups is 1. The first-order valence-corrected chi connectivity index (χ1v) is 8.41. The lowest BCUT2D eigenvalue weighted by molar-refractivity contribution is -0.121. The first kappa shape index (κ1) is 18.0. The van der Waals surface area contributed by atoms with Gasteiger partial charge in [-0.3, -0.25) is 4.79 Å². The van der Waals surface area contributed by atoms with E-state index in [1.165, 1.54) is 18.2 Å². The molecule has 1 atom stereocenters. The SMILES string of the molecule is O=C(CCc1c(F)cccc1F)NCC(O)c1ccc2ccccc2c1. The normalized spacial score (nSPS) is 12.1. The number of hydrogen-bond donors (Lipinski definition) is 2. The highest BCUT2D eigenvalue weighted by Crippen LogP contribution is 2.20. The molecule has 1 amide bonds. The third-order valence-electron chi connectivity index (χ3n) is 4.31. The third kappa shape index (κ3) is 4.24. The molecule has 0 aliphatic rings. The predicted octanol–water partition coefficient (Wildman–Crippen LogP) is 3.90. The van der Waals surface area contributed by atoms with Gasteiger partial charge in [-0.1, -0.05) is 42.5 Å². The van der Waals surface area contributed by atoms with Gasteiger partial charge in [-0.05, 0) is 41.0 Å². The van der Waals surface area contributed by atoms with Crippen LogP contribution in [0.1, 0.15) is 23.7 Å². The number of aliphatic hydroxyl groups excluding tert-OH is 1. The molecule has 26 heavy (non-hydrogen) atoms. The van der Waals surface area contributed by atoms with Crippen LogP contribution in [0.2, 0.25) is 0 Å². The quantitative estimate of drug-likeness (QED) is 0.705. The van der Waals surface area contributed by atoms with Crippen molar-refractivity contribution in [2.24, 2.45) is 0 Å². The average Bonchev–Trinajstić information content (AvgIpc) is 2.65. The first-order valence-electron chi connectivity index (χ1n) is 8.41. The maximum Gasteiger partial charge on any atom is 0.220 e. The van der Waals surface area contributed by atoms with Crippen molar-refractivity contribution in [1.82, 2.24) is 5.32 Å². The number of nitrogens with one attached hydrogen (secondary N) is 1. The summed E-state index contributed by atoms with van der Waals surface area (Å²) >= 11 is 0. The molecular formula is C21H19F2NO2. The van der Waals surface area contributed by atoms with E-state index < -0.39 is 17.7 Å². The van der Waals surface area contributed by atoms with Crippen molar-refractivity contribution in [3.63, 3.8) is 0 Å². The summed E-state index contributed by atoms with van der Waals surface area (Å²) < 4.78 is 27.1. The lowest BCUT2D eigenvalue weighted by Crippen LogP contribution is -2.28. The maximum atomic E-state index is 13.6. The van der Waals surface area contributed by atoms with E-state index in [1.54, 1.807) is 0 Å². The predicted molar refractivity (Wildman–Crippen MR) is 96.6 cm³/mol. The van der Waals surface area contributed by atoms with Crippen LogP contribution in [0.4, 0.5) is 8.78 Å². The smallest absolute Gasteiger partial charge is 0.220 e. The van der Waals surface area contributed by atoms with Gasteiger partial charge in [0.25, 0.3) is 0 Å². The van der Waals surface area contributed by atoms with E-state index in [0.717, 1.165) is 10.8 Å². The molecule has 0 aromatic heterocycles. The molecule has 134 valence electrons. The lowest BCUT2D eigenvalue weighted by Gasteiger charge is -2.13. The molecule has 1 unspecified atom stereocenters. The molecule has 5 heteroatoms. The van der Waals surface area contributed by atoms with Gasteiger partial charge in [-0.15, -0.1) is 0 Å². The maximum absolute atomic E-state index is 13.6. The number of carbonyl (C=O) groups excluding carboxylic acids is 1. The van der Waals surface area contributed by atoms with Crippen LogP contribution in [0.25, 0.3) is 10.8 Å². The van der Waals surface area contributed by atoms with Gasteiger partial charge in [-0.25, -0.2) is 8.78 Å². The number of halogens is 2. The minimum atomic E-state index is -0.853. The van der Waals surface area contributed by atoms with Crippen LogP contribution < -0.4 is 5.32 Å². The molecule has 0 heterocycles. The van der Waals surface area contributed by atoms with Crippen molar-refractivity contribution in [3.05, 3.63) is 83.4 Å². The van der Waals surface area contributed by atoms with Gasteiger partial charge in [0.15, 0.2) is 0 Å². The summed E-state index contributed by atoms with van der Waals surface area (Å²) in [5.41, 5.74) is 0.599. The molecule has 2 N–H and O–H groups in total. The van der Waals surface area contributed by atoms with E-state index in [-0.39, 0.29) is 30.9 Å². The highest BCUT2D eigenvalue weighted by molar-refractivity contribution is 5.83. The van der Waals surface area contributed by atoms with Gasteiger partial charge < -0.3 is 10.4 Å². The fourth-order valence-corrected chi connectivity index (χ4v) is 2.84. The van der Waals surface area contributed by atoms with Gasteiger partial charge in [0.05, 0.1) is 6.10 Å².